The van der Waals surface area contributed by atoms with Crippen molar-refractivity contribution < 1.29 is 19.7 Å². The highest BCUT2D eigenvalue weighted by atomic mass is 17.2. The zero-order valence-corrected chi connectivity index (χ0v) is 17.8. The highest BCUT2D eigenvalue weighted by Crippen LogP contribution is 2.58. The SMILES string of the molecule is CCCCN1CC2(O)OOC(c3ccccc3)(c3ccccc3)CC2(CCC)C1=O. The summed E-state index contributed by atoms with van der Waals surface area (Å²) in [5.74, 6) is -1.68. The summed E-state index contributed by atoms with van der Waals surface area (Å²) in [6.07, 6.45) is 3.51. The van der Waals surface area contributed by atoms with E-state index >= 15 is 0 Å². The molecule has 4 rings (SSSR count). The summed E-state index contributed by atoms with van der Waals surface area (Å²) in [4.78, 5) is 27.4. The Hall–Kier alpha value is -2.21. The van der Waals surface area contributed by atoms with Crippen molar-refractivity contribution in [1.29, 1.82) is 0 Å². The number of benzene rings is 2. The van der Waals surface area contributed by atoms with Crippen molar-refractivity contribution in [3.8, 4) is 0 Å². The molecule has 0 aliphatic carbocycles. The molecule has 1 amide bonds. The molecule has 2 aliphatic rings. The molecule has 0 radical (unpaired) electrons. The number of carbonyl (C=O) groups excluding carboxylic acids is 1. The third kappa shape index (κ3) is 3.16. The van der Waals surface area contributed by atoms with Crippen LogP contribution in [0.25, 0.3) is 0 Å². The monoisotopic (exact) mass is 409 g/mol. The van der Waals surface area contributed by atoms with Gasteiger partial charge < -0.3 is 10.0 Å². The third-order valence-electron chi connectivity index (χ3n) is 6.66. The number of likely N-dealkylation sites (tertiary alicyclic amines) is 1. The van der Waals surface area contributed by atoms with E-state index in [0.717, 1.165) is 30.4 Å². The average Bonchev–Trinajstić information content (AvgIpc) is 3.00. The van der Waals surface area contributed by atoms with E-state index in [0.29, 0.717) is 19.4 Å². The van der Waals surface area contributed by atoms with Gasteiger partial charge in [-0.2, -0.15) is 4.89 Å². The lowest BCUT2D eigenvalue weighted by Gasteiger charge is -2.50. The second kappa shape index (κ2) is 8.14. The van der Waals surface area contributed by atoms with E-state index in [2.05, 4.69) is 6.92 Å². The molecule has 2 aromatic carbocycles. The largest absolute Gasteiger partial charge is 0.361 e. The molecule has 2 aliphatic heterocycles. The maximum atomic E-state index is 13.7. The van der Waals surface area contributed by atoms with Crippen molar-refractivity contribution in [2.45, 2.75) is 57.3 Å². The Balaban J connectivity index is 1.84. The molecule has 2 heterocycles. The van der Waals surface area contributed by atoms with Crippen molar-refractivity contribution in [2.75, 3.05) is 13.1 Å². The van der Waals surface area contributed by atoms with E-state index < -0.39 is 16.8 Å². The van der Waals surface area contributed by atoms with Crippen molar-refractivity contribution >= 4 is 5.91 Å². The molecule has 5 heteroatoms. The Morgan fingerprint density at radius 3 is 2.07 bits per heavy atom. The van der Waals surface area contributed by atoms with Crippen LogP contribution in [0.15, 0.2) is 60.7 Å². The van der Waals surface area contributed by atoms with Crippen LogP contribution in [0, 0.1) is 5.41 Å². The number of β-amino-alcohol motifs (C(OH)–C–C–N with tert-alkyl or cyclic N) is 1. The molecule has 2 saturated heterocycles. The number of carbonyl (C=O) groups is 1. The zero-order valence-electron chi connectivity index (χ0n) is 17.8. The summed E-state index contributed by atoms with van der Waals surface area (Å²) in [7, 11) is 0. The van der Waals surface area contributed by atoms with Crippen molar-refractivity contribution in [1.82, 2.24) is 4.90 Å². The van der Waals surface area contributed by atoms with Crippen LogP contribution >= 0.6 is 0 Å². The fraction of sp³-hybridized carbons (Fsp3) is 0.480. The highest BCUT2D eigenvalue weighted by Gasteiger charge is 2.70. The first-order valence-corrected chi connectivity index (χ1v) is 11.0. The van der Waals surface area contributed by atoms with Crippen LogP contribution in [0.1, 0.15) is 57.1 Å². The molecule has 2 atom stereocenters. The molecule has 2 unspecified atom stereocenters. The highest BCUT2D eigenvalue weighted by molar-refractivity contribution is 5.87. The number of nitrogens with zero attached hydrogens (tertiary/aromatic N) is 1. The molecule has 1 N–H and O–H groups in total. The Morgan fingerprint density at radius 1 is 0.933 bits per heavy atom. The molecule has 0 bridgehead atoms. The fourth-order valence-corrected chi connectivity index (χ4v) is 5.09. The van der Waals surface area contributed by atoms with E-state index in [-0.39, 0.29) is 12.5 Å². The molecule has 0 saturated carbocycles. The van der Waals surface area contributed by atoms with Crippen LogP contribution in [-0.2, 0) is 20.2 Å². The van der Waals surface area contributed by atoms with Gasteiger partial charge in [0, 0.05) is 13.0 Å². The molecule has 5 nitrogen and oxygen atoms in total. The molecule has 2 aromatic rings. The second-order valence-corrected chi connectivity index (χ2v) is 8.60. The number of amides is 1. The van der Waals surface area contributed by atoms with Gasteiger partial charge in [0.15, 0.2) is 5.60 Å². The van der Waals surface area contributed by atoms with Gasteiger partial charge in [-0.05, 0) is 24.0 Å². The Labute approximate surface area is 178 Å². The van der Waals surface area contributed by atoms with Crippen molar-refractivity contribution in [2.24, 2.45) is 5.41 Å². The van der Waals surface area contributed by atoms with Crippen LogP contribution in [0.3, 0.4) is 0 Å². The second-order valence-electron chi connectivity index (χ2n) is 8.60. The van der Waals surface area contributed by atoms with Gasteiger partial charge in [-0.25, -0.2) is 4.89 Å². The molecule has 30 heavy (non-hydrogen) atoms. The summed E-state index contributed by atoms with van der Waals surface area (Å²) in [6, 6.07) is 19.7. The predicted octanol–water partition coefficient (Wildman–Crippen LogP) is 4.40. The molecule has 2 fully saturated rings. The number of hydrogen-bond acceptors (Lipinski definition) is 4. The molecule has 0 aromatic heterocycles. The predicted molar refractivity (Wildman–Crippen MR) is 114 cm³/mol. The summed E-state index contributed by atoms with van der Waals surface area (Å²) in [6.45, 7) is 4.90. The smallest absolute Gasteiger partial charge is 0.234 e. The summed E-state index contributed by atoms with van der Waals surface area (Å²) < 4.78 is 0. The molecule has 160 valence electrons. The molecular formula is C25H31NO4. The standard InChI is InChI=1S/C25H31NO4/c1-3-5-17-26-19-25(28)23(16-4-2,22(26)27)18-24(29-30-25,20-12-8-6-9-13-20)21-14-10-7-11-15-21/h6-15,28H,3-5,16-19H2,1-2H3. The van der Waals surface area contributed by atoms with E-state index in [4.69, 9.17) is 9.78 Å². The molecule has 0 spiro atoms. The Kier molecular flexibility index (Phi) is 5.71. The van der Waals surface area contributed by atoms with Gasteiger partial charge in [-0.1, -0.05) is 87.4 Å². The normalized spacial score (nSPS) is 27.8. The van der Waals surface area contributed by atoms with Crippen LogP contribution in [0.5, 0.6) is 0 Å². The van der Waals surface area contributed by atoms with Gasteiger partial charge in [-0.3, -0.25) is 4.79 Å². The quantitative estimate of drug-likeness (QED) is 0.689. The fourth-order valence-electron chi connectivity index (χ4n) is 5.09. The lowest BCUT2D eigenvalue weighted by molar-refractivity contribution is -0.503. The lowest BCUT2D eigenvalue weighted by Crippen LogP contribution is -2.60. The first-order valence-electron chi connectivity index (χ1n) is 11.0. The van der Waals surface area contributed by atoms with E-state index in [1.165, 1.54) is 0 Å². The van der Waals surface area contributed by atoms with Gasteiger partial charge in [0.1, 0.15) is 5.41 Å². The minimum atomic E-state index is -1.65. The van der Waals surface area contributed by atoms with Crippen LogP contribution in [-0.4, -0.2) is 34.8 Å². The topological polar surface area (TPSA) is 59.0 Å². The first kappa shape index (κ1) is 21.0. The lowest BCUT2D eigenvalue weighted by atomic mass is 9.65. The van der Waals surface area contributed by atoms with Gasteiger partial charge in [0.2, 0.25) is 11.7 Å². The molecular weight excluding hydrogens is 378 g/mol. The van der Waals surface area contributed by atoms with E-state index in [1.807, 2.05) is 67.6 Å². The number of fused-ring (bicyclic) bond motifs is 1. The maximum Gasteiger partial charge on any atom is 0.234 e. The van der Waals surface area contributed by atoms with Crippen LogP contribution in [0.4, 0.5) is 0 Å². The van der Waals surface area contributed by atoms with Gasteiger partial charge in [0.25, 0.3) is 0 Å². The Bertz CT molecular complexity index is 832. The van der Waals surface area contributed by atoms with Crippen LogP contribution < -0.4 is 0 Å². The number of aliphatic hydroxyl groups is 1. The summed E-state index contributed by atoms with van der Waals surface area (Å²) >= 11 is 0. The van der Waals surface area contributed by atoms with E-state index in [9.17, 15) is 9.90 Å². The number of rotatable bonds is 7. The number of hydrogen-bond donors (Lipinski definition) is 1. The summed E-state index contributed by atoms with van der Waals surface area (Å²) in [5, 5.41) is 11.5. The van der Waals surface area contributed by atoms with E-state index in [1.54, 1.807) is 4.90 Å². The average molecular weight is 410 g/mol. The van der Waals surface area contributed by atoms with Gasteiger partial charge in [-0.15, -0.1) is 0 Å². The third-order valence-corrected chi connectivity index (χ3v) is 6.66. The summed E-state index contributed by atoms with van der Waals surface area (Å²) in [5.41, 5.74) is -0.207. The van der Waals surface area contributed by atoms with Crippen molar-refractivity contribution in [3.05, 3.63) is 71.8 Å². The minimum Gasteiger partial charge on any atom is -0.361 e. The van der Waals surface area contributed by atoms with Crippen molar-refractivity contribution in [3.63, 3.8) is 0 Å². The van der Waals surface area contributed by atoms with Crippen LogP contribution in [0.2, 0.25) is 0 Å². The van der Waals surface area contributed by atoms with Gasteiger partial charge in [0.05, 0.1) is 6.54 Å². The maximum absolute atomic E-state index is 13.7. The Morgan fingerprint density at radius 2 is 1.53 bits per heavy atom. The first-order chi connectivity index (χ1) is 14.5. The van der Waals surface area contributed by atoms with Gasteiger partial charge >= 0.3 is 0 Å². The zero-order chi connectivity index (χ0) is 21.2. The minimum absolute atomic E-state index is 0.0279. The number of unbranched alkanes of at least 4 members (excludes halogenated alkanes) is 1.